The molecule has 84 valence electrons. The highest BCUT2D eigenvalue weighted by molar-refractivity contribution is 9.10. The van der Waals surface area contributed by atoms with E-state index in [1.165, 1.54) is 0 Å². The third-order valence-corrected chi connectivity index (χ3v) is 3.28. The van der Waals surface area contributed by atoms with E-state index in [1.807, 2.05) is 36.7 Å². The number of benzene rings is 1. The van der Waals surface area contributed by atoms with Crippen LogP contribution >= 0.6 is 15.9 Å². The Balaban J connectivity index is 2.64. The van der Waals surface area contributed by atoms with Crippen LogP contribution in [0.25, 0.3) is 5.69 Å². The molecule has 2 N–H and O–H groups in total. The SMILES string of the molecule is Cc1cc(C)n(-c2cccc(Br)c2CN)n1. The first-order chi connectivity index (χ1) is 7.63. The second-order valence-electron chi connectivity index (χ2n) is 3.78. The summed E-state index contributed by atoms with van der Waals surface area (Å²) in [5.74, 6) is 0. The van der Waals surface area contributed by atoms with Crippen LogP contribution < -0.4 is 5.73 Å². The van der Waals surface area contributed by atoms with Crippen molar-refractivity contribution in [1.82, 2.24) is 9.78 Å². The highest BCUT2D eigenvalue weighted by atomic mass is 79.9. The van der Waals surface area contributed by atoms with Crippen LogP contribution in [0.1, 0.15) is 17.0 Å². The van der Waals surface area contributed by atoms with Gasteiger partial charge in [-0.2, -0.15) is 5.10 Å². The Kier molecular flexibility index (Phi) is 3.12. The van der Waals surface area contributed by atoms with Crippen molar-refractivity contribution in [2.45, 2.75) is 20.4 Å². The van der Waals surface area contributed by atoms with E-state index >= 15 is 0 Å². The lowest BCUT2D eigenvalue weighted by Gasteiger charge is -2.11. The Bertz CT molecular complexity index is 517. The van der Waals surface area contributed by atoms with Crippen LogP contribution in [-0.4, -0.2) is 9.78 Å². The second kappa shape index (κ2) is 4.39. The molecule has 1 heterocycles. The fraction of sp³-hybridized carbons (Fsp3) is 0.250. The molecule has 0 radical (unpaired) electrons. The molecule has 0 spiro atoms. The van der Waals surface area contributed by atoms with Gasteiger partial charge in [-0.1, -0.05) is 22.0 Å². The maximum atomic E-state index is 5.77. The first-order valence-corrected chi connectivity index (χ1v) is 5.94. The maximum absolute atomic E-state index is 5.77. The van der Waals surface area contributed by atoms with Crippen LogP contribution in [-0.2, 0) is 6.54 Å². The molecule has 16 heavy (non-hydrogen) atoms. The van der Waals surface area contributed by atoms with E-state index in [1.54, 1.807) is 0 Å². The fourth-order valence-electron chi connectivity index (χ4n) is 1.82. The van der Waals surface area contributed by atoms with Crippen molar-refractivity contribution in [3.8, 4) is 5.69 Å². The highest BCUT2D eigenvalue weighted by Crippen LogP contribution is 2.24. The van der Waals surface area contributed by atoms with Crippen molar-refractivity contribution in [2.75, 3.05) is 0 Å². The molecular formula is C12H14BrN3. The van der Waals surface area contributed by atoms with Crippen molar-refractivity contribution in [1.29, 1.82) is 0 Å². The summed E-state index contributed by atoms with van der Waals surface area (Å²) in [7, 11) is 0. The maximum Gasteiger partial charge on any atom is 0.0704 e. The zero-order valence-electron chi connectivity index (χ0n) is 9.37. The quantitative estimate of drug-likeness (QED) is 0.919. The molecule has 0 aliphatic carbocycles. The summed E-state index contributed by atoms with van der Waals surface area (Å²) < 4.78 is 2.96. The van der Waals surface area contributed by atoms with Gasteiger partial charge in [-0.25, -0.2) is 4.68 Å². The second-order valence-corrected chi connectivity index (χ2v) is 4.63. The van der Waals surface area contributed by atoms with Gasteiger partial charge in [0.15, 0.2) is 0 Å². The monoisotopic (exact) mass is 279 g/mol. The highest BCUT2D eigenvalue weighted by Gasteiger charge is 2.10. The van der Waals surface area contributed by atoms with E-state index in [9.17, 15) is 0 Å². The van der Waals surface area contributed by atoms with Gasteiger partial charge in [-0.05, 0) is 32.0 Å². The van der Waals surface area contributed by atoms with Crippen molar-refractivity contribution in [2.24, 2.45) is 5.73 Å². The van der Waals surface area contributed by atoms with E-state index in [0.29, 0.717) is 6.54 Å². The van der Waals surface area contributed by atoms with Gasteiger partial charge in [0, 0.05) is 22.3 Å². The zero-order valence-corrected chi connectivity index (χ0v) is 11.0. The molecular weight excluding hydrogens is 266 g/mol. The molecule has 0 fully saturated rings. The predicted octanol–water partition coefficient (Wildman–Crippen LogP) is 2.71. The number of aromatic nitrogens is 2. The number of nitrogens with zero attached hydrogens (tertiary/aromatic N) is 2. The summed E-state index contributed by atoms with van der Waals surface area (Å²) in [6.45, 7) is 4.53. The molecule has 3 nitrogen and oxygen atoms in total. The number of rotatable bonds is 2. The van der Waals surface area contributed by atoms with Crippen molar-refractivity contribution in [3.63, 3.8) is 0 Å². The van der Waals surface area contributed by atoms with Crippen LogP contribution in [0.3, 0.4) is 0 Å². The normalized spacial score (nSPS) is 10.8. The molecule has 1 aromatic carbocycles. The first kappa shape index (κ1) is 11.4. The van der Waals surface area contributed by atoms with Crippen molar-refractivity contribution >= 4 is 15.9 Å². The minimum Gasteiger partial charge on any atom is -0.326 e. The molecule has 0 saturated carbocycles. The lowest BCUT2D eigenvalue weighted by molar-refractivity contribution is 0.816. The van der Waals surface area contributed by atoms with E-state index in [4.69, 9.17) is 5.73 Å². The van der Waals surface area contributed by atoms with Gasteiger partial charge < -0.3 is 5.73 Å². The van der Waals surface area contributed by atoms with Gasteiger partial charge in [0.1, 0.15) is 0 Å². The largest absolute Gasteiger partial charge is 0.326 e. The van der Waals surface area contributed by atoms with Crippen LogP contribution in [0.15, 0.2) is 28.7 Å². The van der Waals surface area contributed by atoms with Gasteiger partial charge in [0.05, 0.1) is 11.4 Å². The van der Waals surface area contributed by atoms with Gasteiger partial charge in [-0.15, -0.1) is 0 Å². The van der Waals surface area contributed by atoms with Crippen LogP contribution in [0, 0.1) is 13.8 Å². The molecule has 0 aliphatic rings. The molecule has 0 saturated heterocycles. The van der Waals surface area contributed by atoms with Gasteiger partial charge in [0.25, 0.3) is 0 Å². The predicted molar refractivity (Wildman–Crippen MR) is 68.6 cm³/mol. The van der Waals surface area contributed by atoms with Crippen molar-refractivity contribution in [3.05, 3.63) is 45.7 Å². The van der Waals surface area contributed by atoms with Crippen LogP contribution in [0.5, 0.6) is 0 Å². The minimum absolute atomic E-state index is 0.495. The number of hydrogen-bond donors (Lipinski definition) is 1. The average Bonchev–Trinajstić information content (AvgIpc) is 2.57. The molecule has 2 rings (SSSR count). The molecule has 0 bridgehead atoms. The van der Waals surface area contributed by atoms with Gasteiger partial charge >= 0.3 is 0 Å². The summed E-state index contributed by atoms with van der Waals surface area (Å²) in [6.07, 6.45) is 0. The Hall–Kier alpha value is -1.13. The number of halogens is 1. The third kappa shape index (κ3) is 1.90. The topological polar surface area (TPSA) is 43.8 Å². The summed E-state index contributed by atoms with van der Waals surface area (Å²) in [5.41, 5.74) is 10.0. The van der Waals surface area contributed by atoms with Crippen LogP contribution in [0.4, 0.5) is 0 Å². The van der Waals surface area contributed by atoms with E-state index in [2.05, 4.69) is 27.1 Å². The Morgan fingerprint density at radius 1 is 1.38 bits per heavy atom. The molecule has 0 aliphatic heterocycles. The van der Waals surface area contributed by atoms with Crippen LogP contribution in [0.2, 0.25) is 0 Å². The average molecular weight is 280 g/mol. The number of hydrogen-bond acceptors (Lipinski definition) is 2. The summed E-state index contributed by atoms with van der Waals surface area (Å²) in [5, 5.41) is 4.47. The molecule has 0 amide bonds. The Morgan fingerprint density at radius 3 is 2.69 bits per heavy atom. The Labute approximate surface area is 103 Å². The third-order valence-electron chi connectivity index (χ3n) is 2.54. The summed E-state index contributed by atoms with van der Waals surface area (Å²) in [6, 6.07) is 8.08. The van der Waals surface area contributed by atoms with E-state index < -0.39 is 0 Å². The van der Waals surface area contributed by atoms with E-state index in [0.717, 1.165) is 27.1 Å². The zero-order chi connectivity index (χ0) is 11.7. The lowest BCUT2D eigenvalue weighted by Crippen LogP contribution is -2.07. The smallest absolute Gasteiger partial charge is 0.0704 e. The lowest BCUT2D eigenvalue weighted by atomic mass is 10.2. The standard InChI is InChI=1S/C12H14BrN3/c1-8-6-9(2)16(15-8)12-5-3-4-11(13)10(12)7-14/h3-6H,7,14H2,1-2H3. The minimum atomic E-state index is 0.495. The van der Waals surface area contributed by atoms with Gasteiger partial charge in [-0.3, -0.25) is 0 Å². The summed E-state index contributed by atoms with van der Waals surface area (Å²) in [4.78, 5) is 0. The van der Waals surface area contributed by atoms with Crippen molar-refractivity contribution < 1.29 is 0 Å². The number of nitrogens with two attached hydrogens (primary N) is 1. The molecule has 0 unspecified atom stereocenters. The summed E-state index contributed by atoms with van der Waals surface area (Å²) >= 11 is 3.51. The molecule has 4 heteroatoms. The molecule has 2 aromatic rings. The van der Waals surface area contributed by atoms with Gasteiger partial charge in [0.2, 0.25) is 0 Å². The van der Waals surface area contributed by atoms with E-state index in [-0.39, 0.29) is 0 Å². The molecule has 1 aromatic heterocycles. The Morgan fingerprint density at radius 2 is 2.12 bits per heavy atom. The molecule has 0 atom stereocenters. The fourth-order valence-corrected chi connectivity index (χ4v) is 2.34. The number of aryl methyl sites for hydroxylation is 2. The first-order valence-electron chi connectivity index (χ1n) is 5.14.